The first-order valence-corrected chi connectivity index (χ1v) is 10.6. The minimum absolute atomic E-state index is 0.0907. The number of anilines is 1. The molecule has 10 heteroatoms. The van der Waals surface area contributed by atoms with Crippen LogP contribution in [0.4, 0.5) is 18.3 Å². The molecule has 1 N–H and O–H groups in total. The molecule has 0 aliphatic heterocycles. The lowest BCUT2D eigenvalue weighted by Crippen LogP contribution is -2.14. The van der Waals surface area contributed by atoms with E-state index in [2.05, 4.69) is 15.0 Å². The molecular weight excluding hydrogens is 457 g/mol. The van der Waals surface area contributed by atoms with Crippen molar-refractivity contribution in [3.63, 3.8) is 0 Å². The van der Waals surface area contributed by atoms with Crippen molar-refractivity contribution in [3.8, 4) is 5.75 Å². The van der Waals surface area contributed by atoms with Gasteiger partial charge in [0.1, 0.15) is 17.2 Å². The summed E-state index contributed by atoms with van der Waals surface area (Å²) in [4.78, 5) is 26.6. The van der Waals surface area contributed by atoms with Crippen molar-refractivity contribution in [1.82, 2.24) is 4.98 Å². The quantitative estimate of drug-likeness (QED) is 0.340. The number of carbonyl (C=O) groups is 2. The summed E-state index contributed by atoms with van der Waals surface area (Å²) in [5, 5.41) is 1.88. The molecule has 0 fully saturated rings. The molecule has 0 saturated heterocycles. The normalized spacial score (nSPS) is 11.4. The molecule has 0 spiro atoms. The maximum Gasteiger partial charge on any atom is 0.435 e. The van der Waals surface area contributed by atoms with Crippen molar-refractivity contribution in [2.24, 2.45) is 0 Å². The fourth-order valence-electron chi connectivity index (χ4n) is 2.67. The molecule has 3 aromatic rings. The molecule has 1 heterocycles. The fourth-order valence-corrected chi connectivity index (χ4v) is 3.55. The first-order valence-electron chi connectivity index (χ1n) is 9.77. The Bertz CT molecular complexity index is 1140. The third-order valence-electron chi connectivity index (χ3n) is 4.12. The maximum absolute atomic E-state index is 13.2. The number of aromatic nitrogens is 1. The number of ether oxygens (including phenoxy) is 2. The van der Waals surface area contributed by atoms with Crippen LogP contribution in [0.1, 0.15) is 33.4 Å². The van der Waals surface area contributed by atoms with Gasteiger partial charge >= 0.3 is 12.1 Å². The van der Waals surface area contributed by atoms with E-state index in [-0.39, 0.29) is 11.7 Å². The fraction of sp³-hybridized carbons (Fsp3) is 0.174. The van der Waals surface area contributed by atoms with Crippen LogP contribution in [-0.4, -0.2) is 23.5 Å². The number of hydrogen-bond acceptors (Lipinski definition) is 6. The molecule has 2 aromatic carbocycles. The lowest BCUT2D eigenvalue weighted by atomic mass is 10.2. The Balaban J connectivity index is 1.66. The molecule has 0 unspecified atom stereocenters. The highest BCUT2D eigenvalue weighted by molar-refractivity contribution is 7.17. The second kappa shape index (κ2) is 10.8. The smallest absolute Gasteiger partial charge is 0.435 e. The molecule has 172 valence electrons. The van der Waals surface area contributed by atoms with E-state index in [0.717, 1.165) is 11.6 Å². The molecular formula is C23H19F3N2O4S. The summed E-state index contributed by atoms with van der Waals surface area (Å²) in [7, 11) is 0. The van der Waals surface area contributed by atoms with E-state index in [1.807, 2.05) is 30.3 Å². The third-order valence-corrected chi connectivity index (χ3v) is 5.07. The van der Waals surface area contributed by atoms with E-state index in [1.54, 1.807) is 24.3 Å². The molecule has 3 rings (SSSR count). The van der Waals surface area contributed by atoms with Crippen LogP contribution in [0.3, 0.4) is 0 Å². The molecule has 0 atom stereocenters. The molecule has 0 aliphatic carbocycles. The van der Waals surface area contributed by atoms with Gasteiger partial charge < -0.3 is 9.47 Å². The number of benzene rings is 2. The Hall–Kier alpha value is -3.66. The average Bonchev–Trinajstić information content (AvgIpc) is 3.22. The van der Waals surface area contributed by atoms with Gasteiger partial charge in [-0.05, 0) is 36.3 Å². The van der Waals surface area contributed by atoms with Gasteiger partial charge in [-0.2, -0.15) is 13.2 Å². The monoisotopic (exact) mass is 476 g/mol. The summed E-state index contributed by atoms with van der Waals surface area (Å²) in [6.45, 7) is 1.76. The molecule has 0 saturated carbocycles. The summed E-state index contributed by atoms with van der Waals surface area (Å²) < 4.78 is 49.9. The Morgan fingerprint density at radius 1 is 1.12 bits per heavy atom. The zero-order chi connectivity index (χ0) is 23.8. The van der Waals surface area contributed by atoms with Gasteiger partial charge in [-0.25, -0.2) is 9.78 Å². The summed E-state index contributed by atoms with van der Waals surface area (Å²) in [6, 6.07) is 16.6. The van der Waals surface area contributed by atoms with Crippen molar-refractivity contribution >= 4 is 34.4 Å². The van der Waals surface area contributed by atoms with Crippen LogP contribution in [0.2, 0.25) is 0 Å². The highest BCUT2D eigenvalue weighted by Gasteiger charge is 2.40. The highest BCUT2D eigenvalue weighted by atomic mass is 32.1. The van der Waals surface area contributed by atoms with Gasteiger partial charge in [0.25, 0.3) is 0 Å². The van der Waals surface area contributed by atoms with E-state index in [0.29, 0.717) is 29.3 Å². The van der Waals surface area contributed by atoms with Crippen LogP contribution in [0.25, 0.3) is 6.08 Å². The number of amides is 1. The van der Waals surface area contributed by atoms with Crippen molar-refractivity contribution in [2.75, 3.05) is 11.9 Å². The largest absolute Gasteiger partial charge is 0.489 e. The molecule has 1 aromatic heterocycles. The summed E-state index contributed by atoms with van der Waals surface area (Å²) >= 11 is 0.400. The van der Waals surface area contributed by atoms with Crippen molar-refractivity contribution in [3.05, 3.63) is 82.4 Å². The van der Waals surface area contributed by atoms with E-state index in [4.69, 9.17) is 4.74 Å². The van der Waals surface area contributed by atoms with E-state index < -0.39 is 28.6 Å². The van der Waals surface area contributed by atoms with Crippen LogP contribution in [0.15, 0.2) is 60.7 Å². The summed E-state index contributed by atoms with van der Waals surface area (Å²) in [5.74, 6) is -1.26. The van der Waals surface area contributed by atoms with Crippen molar-refractivity contribution < 1.29 is 32.2 Å². The van der Waals surface area contributed by atoms with E-state index in [9.17, 15) is 22.8 Å². The first-order chi connectivity index (χ1) is 15.8. The molecule has 33 heavy (non-hydrogen) atoms. The molecule has 0 bridgehead atoms. The van der Waals surface area contributed by atoms with Crippen LogP contribution in [0, 0.1) is 0 Å². The highest BCUT2D eigenvalue weighted by Crippen LogP contribution is 2.36. The van der Waals surface area contributed by atoms with E-state index >= 15 is 0 Å². The second-order valence-electron chi connectivity index (χ2n) is 6.58. The molecule has 0 aliphatic rings. The Kier molecular flexibility index (Phi) is 7.83. The average molecular weight is 476 g/mol. The van der Waals surface area contributed by atoms with Crippen molar-refractivity contribution in [1.29, 1.82) is 0 Å². The Morgan fingerprint density at radius 3 is 2.58 bits per heavy atom. The van der Waals surface area contributed by atoms with Crippen LogP contribution >= 0.6 is 11.3 Å². The standard InChI is InChI=1S/C23H19F3N2O4S/c1-2-31-21(30)19-20(23(24,25)26)28-22(33-19)27-18(29)12-11-15-9-6-10-17(13-15)32-14-16-7-4-3-5-8-16/h3-13H,2,14H2,1H3,(H,27,28,29)/b12-11+. The first kappa shape index (κ1) is 24.0. The van der Waals surface area contributed by atoms with Gasteiger partial charge in [0, 0.05) is 6.08 Å². The number of hydrogen-bond donors (Lipinski definition) is 1. The van der Waals surface area contributed by atoms with Crippen LogP contribution in [-0.2, 0) is 22.3 Å². The summed E-state index contributed by atoms with van der Waals surface area (Å²) in [5.41, 5.74) is 0.258. The number of thiazole rings is 1. The van der Waals surface area contributed by atoms with Gasteiger partial charge in [-0.3, -0.25) is 10.1 Å². The van der Waals surface area contributed by atoms with E-state index in [1.165, 1.54) is 13.0 Å². The summed E-state index contributed by atoms with van der Waals surface area (Å²) in [6.07, 6.45) is -2.23. The molecule has 0 radical (unpaired) electrons. The zero-order valence-corrected chi connectivity index (χ0v) is 18.2. The Labute approximate surface area is 191 Å². The second-order valence-corrected chi connectivity index (χ2v) is 7.58. The van der Waals surface area contributed by atoms with Gasteiger partial charge in [-0.15, -0.1) is 0 Å². The number of nitrogens with zero attached hydrogens (tertiary/aromatic N) is 1. The number of alkyl halides is 3. The minimum Gasteiger partial charge on any atom is -0.489 e. The third kappa shape index (κ3) is 6.91. The Morgan fingerprint density at radius 2 is 1.88 bits per heavy atom. The number of nitrogens with one attached hydrogen (secondary N) is 1. The van der Waals surface area contributed by atoms with Crippen LogP contribution in [0.5, 0.6) is 5.75 Å². The van der Waals surface area contributed by atoms with Crippen LogP contribution < -0.4 is 10.1 Å². The van der Waals surface area contributed by atoms with Gasteiger partial charge in [-0.1, -0.05) is 53.8 Å². The lowest BCUT2D eigenvalue weighted by Gasteiger charge is -2.06. The van der Waals surface area contributed by atoms with Gasteiger partial charge in [0.2, 0.25) is 5.91 Å². The SMILES string of the molecule is CCOC(=O)c1sc(NC(=O)/C=C/c2cccc(OCc3ccccc3)c2)nc1C(F)(F)F. The van der Waals surface area contributed by atoms with Gasteiger partial charge in [0.05, 0.1) is 6.61 Å². The maximum atomic E-state index is 13.2. The zero-order valence-electron chi connectivity index (χ0n) is 17.4. The predicted octanol–water partition coefficient (Wildman–Crippen LogP) is 5.57. The number of rotatable bonds is 8. The number of halogens is 3. The molecule has 6 nitrogen and oxygen atoms in total. The number of carbonyl (C=O) groups excluding carboxylic acids is 2. The predicted molar refractivity (Wildman–Crippen MR) is 118 cm³/mol. The molecule has 1 amide bonds. The lowest BCUT2D eigenvalue weighted by molar-refractivity contribution is -0.141. The van der Waals surface area contributed by atoms with Gasteiger partial charge in [0.15, 0.2) is 10.8 Å². The topological polar surface area (TPSA) is 77.5 Å². The number of esters is 1. The minimum atomic E-state index is -4.86. The van der Waals surface area contributed by atoms with Crippen molar-refractivity contribution in [2.45, 2.75) is 19.7 Å².